The van der Waals surface area contributed by atoms with Crippen LogP contribution in [0.25, 0.3) is 4.85 Å². The second-order valence-corrected chi connectivity index (χ2v) is 2.41. The van der Waals surface area contributed by atoms with Crippen LogP contribution in [0.3, 0.4) is 0 Å². The Labute approximate surface area is 72.8 Å². The molecule has 0 atom stereocenters. The first-order valence-electron chi connectivity index (χ1n) is 3.37. The van der Waals surface area contributed by atoms with Crippen molar-refractivity contribution >= 4 is 5.69 Å². The summed E-state index contributed by atoms with van der Waals surface area (Å²) in [5, 5.41) is 0. The Bertz CT molecular complexity index is 363. The van der Waals surface area contributed by atoms with Crippen LogP contribution in [0.5, 0.6) is 0 Å². The molecule has 0 aromatic carbocycles. The third-order valence-electron chi connectivity index (χ3n) is 1.47. The Morgan fingerprint density at radius 3 is 2.38 bits per heavy atom. The molecule has 0 saturated heterocycles. The number of alkyl halides is 3. The highest BCUT2D eigenvalue weighted by molar-refractivity contribution is 5.48. The van der Waals surface area contributed by atoms with Gasteiger partial charge in [-0.3, -0.25) is 4.98 Å². The van der Waals surface area contributed by atoms with Crippen LogP contribution in [0.15, 0.2) is 12.1 Å². The third kappa shape index (κ3) is 1.96. The molecule has 0 aliphatic carbocycles. The average Bonchev–Trinajstić information content (AvgIpc) is 2.02. The summed E-state index contributed by atoms with van der Waals surface area (Å²) >= 11 is 0. The number of nitrogens with zero attached hydrogens (tertiary/aromatic N) is 2. The van der Waals surface area contributed by atoms with Crippen molar-refractivity contribution in [3.05, 3.63) is 34.9 Å². The molecule has 0 aliphatic rings. The zero-order valence-corrected chi connectivity index (χ0v) is 6.68. The molecule has 0 aliphatic heterocycles. The second-order valence-electron chi connectivity index (χ2n) is 2.41. The maximum Gasteiger partial charge on any atom is 0.433 e. The van der Waals surface area contributed by atoms with E-state index in [2.05, 4.69) is 9.83 Å². The zero-order valence-electron chi connectivity index (χ0n) is 6.68. The van der Waals surface area contributed by atoms with Crippen LogP contribution in [0.1, 0.15) is 11.4 Å². The van der Waals surface area contributed by atoms with Gasteiger partial charge in [0.15, 0.2) is 0 Å². The molecule has 13 heavy (non-hydrogen) atoms. The fraction of sp³-hybridized carbons (Fsp3) is 0.250. The maximum absolute atomic E-state index is 12.1. The second kappa shape index (κ2) is 3.05. The van der Waals surface area contributed by atoms with Crippen molar-refractivity contribution in [2.45, 2.75) is 13.1 Å². The Morgan fingerprint density at radius 2 is 2.00 bits per heavy atom. The van der Waals surface area contributed by atoms with Crippen LogP contribution in [0.2, 0.25) is 0 Å². The van der Waals surface area contributed by atoms with Gasteiger partial charge in [0.2, 0.25) is 5.69 Å². The van der Waals surface area contributed by atoms with Crippen molar-refractivity contribution < 1.29 is 13.2 Å². The van der Waals surface area contributed by atoms with Crippen molar-refractivity contribution in [1.82, 2.24) is 4.98 Å². The molecule has 1 aromatic heterocycles. The van der Waals surface area contributed by atoms with Gasteiger partial charge < -0.3 is 0 Å². The van der Waals surface area contributed by atoms with Gasteiger partial charge in [-0.15, -0.1) is 0 Å². The van der Waals surface area contributed by atoms with E-state index in [0.29, 0.717) is 0 Å². The predicted octanol–water partition coefficient (Wildman–Crippen LogP) is 2.96. The standard InChI is InChI=1S/C8H5F3N2/c1-5-6(12-2)3-4-7(13-5)8(9,10)11/h3-4H,1H3. The van der Waals surface area contributed by atoms with Crippen LogP contribution >= 0.6 is 0 Å². The lowest BCUT2D eigenvalue weighted by atomic mass is 10.2. The monoisotopic (exact) mass is 186 g/mol. The lowest BCUT2D eigenvalue weighted by Crippen LogP contribution is -2.08. The normalized spacial score (nSPS) is 11.0. The van der Waals surface area contributed by atoms with Gasteiger partial charge in [0, 0.05) is 5.69 Å². The number of hydrogen-bond donors (Lipinski definition) is 0. The van der Waals surface area contributed by atoms with E-state index in [0.717, 1.165) is 12.1 Å². The number of rotatable bonds is 0. The average molecular weight is 186 g/mol. The summed E-state index contributed by atoms with van der Waals surface area (Å²) in [6.07, 6.45) is -4.44. The fourth-order valence-electron chi connectivity index (χ4n) is 0.830. The van der Waals surface area contributed by atoms with Crippen LogP contribution < -0.4 is 0 Å². The lowest BCUT2D eigenvalue weighted by Gasteiger charge is -2.06. The minimum absolute atomic E-state index is 0.102. The van der Waals surface area contributed by atoms with Crippen molar-refractivity contribution in [3.63, 3.8) is 0 Å². The van der Waals surface area contributed by atoms with Crippen LogP contribution in [0, 0.1) is 13.5 Å². The summed E-state index contributed by atoms with van der Waals surface area (Å²) in [6.45, 7) is 7.99. The third-order valence-corrected chi connectivity index (χ3v) is 1.47. The van der Waals surface area contributed by atoms with Gasteiger partial charge in [-0.2, -0.15) is 13.2 Å². The van der Waals surface area contributed by atoms with Gasteiger partial charge in [-0.25, -0.2) is 4.85 Å². The molecule has 0 unspecified atom stereocenters. The number of aryl methyl sites for hydroxylation is 1. The molecule has 2 nitrogen and oxygen atoms in total. The van der Waals surface area contributed by atoms with E-state index < -0.39 is 11.9 Å². The molecule has 1 aromatic rings. The Balaban J connectivity index is 3.20. The number of pyridine rings is 1. The first-order chi connectivity index (χ1) is 5.95. The Kier molecular flexibility index (Phi) is 2.24. The molecule has 68 valence electrons. The van der Waals surface area contributed by atoms with Crippen LogP contribution in [0.4, 0.5) is 18.9 Å². The first kappa shape index (κ1) is 9.52. The molecular formula is C8H5F3N2. The van der Waals surface area contributed by atoms with E-state index in [1.807, 2.05) is 0 Å². The van der Waals surface area contributed by atoms with Gasteiger partial charge in [0.1, 0.15) is 5.69 Å². The highest BCUT2D eigenvalue weighted by atomic mass is 19.4. The fourth-order valence-corrected chi connectivity index (χ4v) is 0.830. The highest BCUT2D eigenvalue weighted by Gasteiger charge is 2.32. The van der Waals surface area contributed by atoms with Crippen molar-refractivity contribution in [3.8, 4) is 0 Å². The summed E-state index contributed by atoms with van der Waals surface area (Å²) in [6, 6.07) is 1.93. The van der Waals surface area contributed by atoms with E-state index in [-0.39, 0.29) is 11.4 Å². The molecule has 0 N–H and O–H groups in total. The number of hydrogen-bond acceptors (Lipinski definition) is 1. The van der Waals surface area contributed by atoms with E-state index in [1.165, 1.54) is 6.92 Å². The summed E-state index contributed by atoms with van der Waals surface area (Å²) < 4.78 is 36.2. The minimum atomic E-state index is -4.44. The van der Waals surface area contributed by atoms with Crippen molar-refractivity contribution in [2.75, 3.05) is 0 Å². The first-order valence-corrected chi connectivity index (χ1v) is 3.37. The van der Waals surface area contributed by atoms with E-state index in [1.54, 1.807) is 0 Å². The molecule has 1 rings (SSSR count). The molecule has 0 radical (unpaired) electrons. The molecule has 0 spiro atoms. The molecule has 0 amide bonds. The summed E-state index contributed by atoms with van der Waals surface area (Å²) in [5.41, 5.74) is -0.713. The topological polar surface area (TPSA) is 17.2 Å². The Hall–Kier alpha value is -1.57. The quantitative estimate of drug-likeness (QED) is 0.569. The molecule has 0 fully saturated rings. The smallest absolute Gasteiger partial charge is 0.260 e. The van der Waals surface area contributed by atoms with E-state index >= 15 is 0 Å². The molecule has 5 heteroatoms. The summed E-state index contributed by atoms with van der Waals surface area (Å²) in [4.78, 5) is 6.29. The number of aromatic nitrogens is 1. The molecule has 1 heterocycles. The maximum atomic E-state index is 12.1. The van der Waals surface area contributed by atoms with Gasteiger partial charge >= 0.3 is 6.18 Å². The van der Waals surface area contributed by atoms with E-state index in [4.69, 9.17) is 6.57 Å². The number of halogens is 3. The van der Waals surface area contributed by atoms with Gasteiger partial charge in [-0.05, 0) is 13.0 Å². The predicted molar refractivity (Wildman–Crippen MR) is 40.2 cm³/mol. The van der Waals surface area contributed by atoms with Crippen LogP contribution in [-0.2, 0) is 6.18 Å². The van der Waals surface area contributed by atoms with Crippen molar-refractivity contribution in [2.24, 2.45) is 0 Å². The zero-order chi connectivity index (χ0) is 10.1. The summed E-state index contributed by atoms with van der Waals surface area (Å²) in [5.74, 6) is 0. The SMILES string of the molecule is [C-]#[N+]c1ccc(C(F)(F)F)nc1C. The molecule has 0 bridgehead atoms. The summed E-state index contributed by atoms with van der Waals surface area (Å²) in [7, 11) is 0. The molecule has 0 saturated carbocycles. The molecular weight excluding hydrogens is 181 g/mol. The van der Waals surface area contributed by atoms with Crippen LogP contribution in [-0.4, -0.2) is 4.98 Å². The lowest BCUT2D eigenvalue weighted by molar-refractivity contribution is -0.141. The Morgan fingerprint density at radius 1 is 1.38 bits per heavy atom. The van der Waals surface area contributed by atoms with Crippen molar-refractivity contribution in [1.29, 1.82) is 0 Å². The minimum Gasteiger partial charge on any atom is -0.260 e. The van der Waals surface area contributed by atoms with E-state index in [9.17, 15) is 13.2 Å². The van der Waals surface area contributed by atoms with Gasteiger partial charge in [0.25, 0.3) is 0 Å². The van der Waals surface area contributed by atoms with Gasteiger partial charge in [-0.1, -0.05) is 6.07 Å². The highest BCUT2D eigenvalue weighted by Crippen LogP contribution is 2.29. The van der Waals surface area contributed by atoms with Gasteiger partial charge in [0.05, 0.1) is 6.57 Å². The largest absolute Gasteiger partial charge is 0.433 e.